The minimum absolute atomic E-state index is 0.337. The van der Waals surface area contributed by atoms with Crippen molar-refractivity contribution in [2.75, 3.05) is 20.2 Å². The van der Waals surface area contributed by atoms with Crippen molar-refractivity contribution in [2.45, 2.75) is 68.8 Å². The number of imidazole rings is 1. The number of nitrogens with one attached hydrogen (secondary N) is 2. The molecule has 2 aromatic carbocycles. The number of nitrogens with zero attached hydrogens (tertiary/aromatic N) is 2. The van der Waals surface area contributed by atoms with Crippen LogP contribution >= 0.6 is 0 Å². The molecule has 1 aliphatic heterocycles. The Morgan fingerprint density at radius 3 is 2.44 bits per heavy atom. The Balaban J connectivity index is 1.52. The highest BCUT2D eigenvalue weighted by molar-refractivity contribution is 5.94. The number of rotatable bonds is 13. The van der Waals surface area contributed by atoms with Crippen molar-refractivity contribution in [1.82, 2.24) is 20.2 Å². The lowest BCUT2D eigenvalue weighted by Gasteiger charge is -2.47. The van der Waals surface area contributed by atoms with E-state index in [1.54, 1.807) is 30.5 Å². The maximum Gasteiger partial charge on any atom is 0.360 e. The van der Waals surface area contributed by atoms with Gasteiger partial charge < -0.3 is 41.2 Å². The van der Waals surface area contributed by atoms with Crippen molar-refractivity contribution in [3.05, 3.63) is 78.4 Å². The van der Waals surface area contributed by atoms with Crippen molar-refractivity contribution in [1.29, 1.82) is 0 Å². The van der Waals surface area contributed by atoms with Crippen LogP contribution in [-0.2, 0) is 31.2 Å². The molecule has 0 aliphatic carbocycles. The Bertz CT molecular complexity index is 1430. The molecule has 13 nitrogen and oxygen atoms in total. The first-order chi connectivity index (χ1) is 21.6. The molecule has 6 unspecified atom stereocenters. The second kappa shape index (κ2) is 15.2. The van der Waals surface area contributed by atoms with E-state index in [0.29, 0.717) is 24.2 Å². The first kappa shape index (κ1) is 33.7. The number of amides is 2. The fourth-order valence-corrected chi connectivity index (χ4v) is 5.46. The summed E-state index contributed by atoms with van der Waals surface area (Å²) in [5.41, 5.74) is 6.51. The van der Waals surface area contributed by atoms with Gasteiger partial charge in [0.2, 0.25) is 11.6 Å². The van der Waals surface area contributed by atoms with Gasteiger partial charge in [0.05, 0.1) is 37.4 Å². The molecule has 45 heavy (non-hydrogen) atoms. The summed E-state index contributed by atoms with van der Waals surface area (Å²) in [6.07, 6.45) is -1.57. The molecule has 7 N–H and O–H groups in total. The Labute approximate surface area is 261 Å². The van der Waals surface area contributed by atoms with Crippen molar-refractivity contribution in [3.63, 3.8) is 0 Å². The van der Waals surface area contributed by atoms with Gasteiger partial charge in [-0.15, -0.1) is 0 Å². The summed E-state index contributed by atoms with van der Waals surface area (Å²) in [6.45, 7) is 1.35. The van der Waals surface area contributed by atoms with Crippen molar-refractivity contribution in [3.8, 4) is 11.1 Å². The Morgan fingerprint density at radius 2 is 1.80 bits per heavy atom. The van der Waals surface area contributed by atoms with Gasteiger partial charge in [-0.2, -0.15) is 0 Å². The van der Waals surface area contributed by atoms with E-state index in [-0.39, 0.29) is 6.42 Å². The van der Waals surface area contributed by atoms with Crippen LogP contribution in [0.15, 0.2) is 67.1 Å². The van der Waals surface area contributed by atoms with E-state index in [1.807, 2.05) is 30.3 Å². The number of hydrogen-bond donors (Lipinski definition) is 6. The molecule has 1 aromatic heterocycles. The van der Waals surface area contributed by atoms with Gasteiger partial charge in [0.1, 0.15) is 12.2 Å². The van der Waals surface area contributed by atoms with E-state index in [1.165, 1.54) is 17.8 Å². The highest BCUT2D eigenvalue weighted by Gasteiger charge is 2.56. The molecule has 242 valence electrons. The monoisotopic (exact) mass is 623 g/mol. The predicted molar refractivity (Wildman–Crippen MR) is 164 cm³/mol. The van der Waals surface area contributed by atoms with Crippen LogP contribution in [0, 0.1) is 0 Å². The Kier molecular flexibility index (Phi) is 11.4. The molecule has 1 saturated heterocycles. The number of benzene rings is 2. The van der Waals surface area contributed by atoms with Gasteiger partial charge in [0, 0.05) is 31.6 Å². The number of aryl methyl sites for hydroxylation is 1. The molecule has 1 aliphatic rings. The lowest BCUT2D eigenvalue weighted by atomic mass is 9.87. The van der Waals surface area contributed by atoms with Gasteiger partial charge >= 0.3 is 5.97 Å². The van der Waals surface area contributed by atoms with Crippen LogP contribution in [0.1, 0.15) is 42.2 Å². The van der Waals surface area contributed by atoms with Crippen LogP contribution in [-0.4, -0.2) is 93.3 Å². The summed E-state index contributed by atoms with van der Waals surface area (Å²) >= 11 is 0. The molecule has 13 heteroatoms. The van der Waals surface area contributed by atoms with E-state index < -0.39 is 60.5 Å². The summed E-state index contributed by atoms with van der Waals surface area (Å²) < 4.78 is 12.6. The van der Waals surface area contributed by atoms with Gasteiger partial charge in [-0.25, -0.2) is 9.78 Å². The standard InChI is InChI=1S/C32H41N5O8/c1-20(38)36-27-25(39)16-32(31(43)44-2,37-18-24(35-19-37)10-6-7-15-33)45-29(27)28(41)26(40)17-34-30(42)23-13-11-22(12-14-23)21-8-4-3-5-9-21/h3-5,8-9,11-14,18-19,25-29,39-41H,6-7,10,15-17,33H2,1-2H3,(H,34,42)(H,36,38). The molecule has 0 saturated carbocycles. The second-order valence-corrected chi connectivity index (χ2v) is 11.1. The third-order valence-electron chi connectivity index (χ3n) is 7.86. The van der Waals surface area contributed by atoms with Gasteiger partial charge in [-0.3, -0.25) is 14.2 Å². The first-order valence-electron chi connectivity index (χ1n) is 14.8. The number of ether oxygens (including phenoxy) is 2. The molecule has 2 amide bonds. The minimum Gasteiger partial charge on any atom is -0.465 e. The van der Waals surface area contributed by atoms with Gasteiger partial charge in [-0.1, -0.05) is 42.5 Å². The summed E-state index contributed by atoms with van der Waals surface area (Å²) in [5.74, 6) is -1.90. The SMILES string of the molecule is COC(=O)C1(n2cnc(CCCCN)c2)CC(O)C(NC(C)=O)C(C(O)C(O)CNC(=O)c2ccc(-c3ccccc3)cc2)O1. The number of nitrogens with two attached hydrogens (primary N) is 1. The molecule has 4 rings (SSSR count). The number of methoxy groups -OCH3 is 1. The third kappa shape index (κ3) is 7.93. The highest BCUT2D eigenvalue weighted by atomic mass is 16.6. The zero-order valence-electron chi connectivity index (χ0n) is 25.3. The van der Waals surface area contributed by atoms with Crippen LogP contribution in [0.2, 0.25) is 0 Å². The number of esters is 1. The van der Waals surface area contributed by atoms with Gasteiger partial charge in [-0.05, 0) is 49.1 Å². The largest absolute Gasteiger partial charge is 0.465 e. The van der Waals surface area contributed by atoms with Crippen LogP contribution in [0.25, 0.3) is 11.1 Å². The summed E-state index contributed by atoms with van der Waals surface area (Å²) in [5, 5.41) is 38.6. The van der Waals surface area contributed by atoms with Crippen LogP contribution in [0.5, 0.6) is 0 Å². The number of carbonyl (C=O) groups is 3. The average molecular weight is 624 g/mol. The van der Waals surface area contributed by atoms with E-state index in [0.717, 1.165) is 31.1 Å². The third-order valence-corrected chi connectivity index (χ3v) is 7.86. The Hall–Kier alpha value is -4.14. The summed E-state index contributed by atoms with van der Waals surface area (Å²) in [7, 11) is 1.15. The predicted octanol–water partition coefficient (Wildman–Crippen LogP) is 0.464. The average Bonchev–Trinajstić information content (AvgIpc) is 3.53. The van der Waals surface area contributed by atoms with Gasteiger partial charge in [0.25, 0.3) is 5.91 Å². The molecule has 0 spiro atoms. The summed E-state index contributed by atoms with van der Waals surface area (Å²) in [4.78, 5) is 42.5. The van der Waals surface area contributed by atoms with E-state index >= 15 is 0 Å². The quantitative estimate of drug-likeness (QED) is 0.115. The zero-order chi connectivity index (χ0) is 32.6. The minimum atomic E-state index is -1.97. The maximum atomic E-state index is 13.2. The number of aliphatic hydroxyl groups excluding tert-OH is 3. The smallest absolute Gasteiger partial charge is 0.360 e. The Morgan fingerprint density at radius 1 is 1.11 bits per heavy atom. The molecule has 1 fully saturated rings. The van der Waals surface area contributed by atoms with E-state index in [4.69, 9.17) is 15.2 Å². The van der Waals surface area contributed by atoms with Crippen LogP contribution < -0.4 is 16.4 Å². The fraction of sp³-hybridized carbons (Fsp3) is 0.438. The van der Waals surface area contributed by atoms with Crippen molar-refractivity contribution < 1.29 is 39.2 Å². The topological polar surface area (TPSA) is 198 Å². The fourth-order valence-electron chi connectivity index (χ4n) is 5.46. The molecule has 0 radical (unpaired) electrons. The van der Waals surface area contributed by atoms with Crippen LogP contribution in [0.3, 0.4) is 0 Å². The number of unbranched alkanes of at least 4 members (excludes halogenated alkanes) is 1. The lowest BCUT2D eigenvalue weighted by molar-refractivity contribution is -0.255. The number of aromatic nitrogens is 2. The normalized spacial score (nSPS) is 22.7. The highest BCUT2D eigenvalue weighted by Crippen LogP contribution is 2.37. The number of aliphatic hydroxyl groups is 3. The van der Waals surface area contributed by atoms with E-state index in [9.17, 15) is 29.7 Å². The van der Waals surface area contributed by atoms with Crippen molar-refractivity contribution >= 4 is 17.8 Å². The molecule has 3 aromatic rings. The summed E-state index contributed by atoms with van der Waals surface area (Å²) in [6, 6.07) is 15.3. The number of carbonyl (C=O) groups excluding carboxylic acids is 3. The first-order valence-corrected chi connectivity index (χ1v) is 14.8. The van der Waals surface area contributed by atoms with Crippen molar-refractivity contribution in [2.24, 2.45) is 5.73 Å². The zero-order valence-corrected chi connectivity index (χ0v) is 25.3. The molecule has 2 heterocycles. The molecular weight excluding hydrogens is 582 g/mol. The van der Waals surface area contributed by atoms with Gasteiger partial charge in [0.15, 0.2) is 0 Å². The van der Waals surface area contributed by atoms with Crippen LogP contribution in [0.4, 0.5) is 0 Å². The second-order valence-electron chi connectivity index (χ2n) is 11.1. The number of hydrogen-bond acceptors (Lipinski definition) is 10. The van der Waals surface area contributed by atoms with E-state index in [2.05, 4.69) is 15.6 Å². The lowest BCUT2D eigenvalue weighted by Crippen LogP contribution is -2.67. The molecule has 6 atom stereocenters. The maximum absolute atomic E-state index is 13.2. The molecular formula is C32H41N5O8. The molecule has 0 bridgehead atoms.